The molecule has 0 bridgehead atoms. The van der Waals surface area contributed by atoms with Crippen LogP contribution in [0.1, 0.15) is 10.4 Å². The van der Waals surface area contributed by atoms with Crippen molar-refractivity contribution < 1.29 is 9.90 Å². The molecule has 1 N–H and O–H groups in total. The fraction of sp³-hybridized carbons (Fsp3) is 0.190. The lowest BCUT2D eigenvalue weighted by Crippen LogP contribution is -2.48. The summed E-state index contributed by atoms with van der Waals surface area (Å²) in [6.07, 6.45) is 0. The Morgan fingerprint density at radius 1 is 0.885 bits per heavy atom. The fourth-order valence-electron chi connectivity index (χ4n) is 3.41. The summed E-state index contributed by atoms with van der Waals surface area (Å²) in [7, 11) is 0. The summed E-state index contributed by atoms with van der Waals surface area (Å²) < 4.78 is 0. The largest absolute Gasteiger partial charge is 0.507 e. The van der Waals surface area contributed by atoms with Crippen LogP contribution in [0.15, 0.2) is 60.7 Å². The van der Waals surface area contributed by atoms with Crippen LogP contribution in [0.5, 0.6) is 5.75 Å². The van der Waals surface area contributed by atoms with E-state index in [1.807, 2.05) is 48.5 Å². The van der Waals surface area contributed by atoms with E-state index in [0.717, 1.165) is 29.5 Å². The van der Waals surface area contributed by atoms with Crippen molar-refractivity contribution in [3.8, 4) is 5.75 Å². The normalized spacial score (nSPS) is 14.7. The molecule has 1 heterocycles. The third kappa shape index (κ3) is 3.20. The number of phenolic OH excluding ortho intramolecular Hbond substituents is 1. The summed E-state index contributed by atoms with van der Waals surface area (Å²) in [6.45, 7) is 2.69. The number of carbonyl (C=O) groups is 1. The van der Waals surface area contributed by atoms with Gasteiger partial charge >= 0.3 is 0 Å². The maximum Gasteiger partial charge on any atom is 0.257 e. The average molecular weight is 367 g/mol. The van der Waals surface area contributed by atoms with E-state index in [1.165, 1.54) is 0 Å². The van der Waals surface area contributed by atoms with Crippen LogP contribution in [0.3, 0.4) is 0 Å². The number of phenols is 1. The van der Waals surface area contributed by atoms with E-state index in [4.69, 9.17) is 11.6 Å². The third-order valence-electron chi connectivity index (χ3n) is 4.83. The van der Waals surface area contributed by atoms with Gasteiger partial charge in [-0.3, -0.25) is 4.79 Å². The summed E-state index contributed by atoms with van der Waals surface area (Å²) in [5.74, 6) is -0.0926. The van der Waals surface area contributed by atoms with E-state index in [2.05, 4.69) is 4.90 Å². The minimum atomic E-state index is -0.126. The Hall–Kier alpha value is -2.72. The molecule has 1 amide bonds. The number of anilines is 1. The van der Waals surface area contributed by atoms with Gasteiger partial charge in [-0.1, -0.05) is 41.9 Å². The Kier molecular flexibility index (Phi) is 4.43. The first kappa shape index (κ1) is 16.7. The second-order valence-corrected chi connectivity index (χ2v) is 6.91. The predicted octanol–water partition coefficient (Wildman–Crippen LogP) is 4.16. The number of halogens is 1. The van der Waals surface area contributed by atoms with Gasteiger partial charge in [-0.2, -0.15) is 0 Å². The van der Waals surface area contributed by atoms with Crippen LogP contribution in [0, 0.1) is 0 Å². The highest BCUT2D eigenvalue weighted by Gasteiger charge is 2.24. The van der Waals surface area contributed by atoms with Crippen LogP contribution in [-0.4, -0.2) is 42.1 Å². The molecule has 0 spiro atoms. The van der Waals surface area contributed by atoms with Crippen molar-refractivity contribution in [1.29, 1.82) is 0 Å². The second kappa shape index (κ2) is 6.89. The van der Waals surface area contributed by atoms with E-state index >= 15 is 0 Å². The van der Waals surface area contributed by atoms with Gasteiger partial charge in [-0.25, -0.2) is 0 Å². The number of rotatable bonds is 2. The van der Waals surface area contributed by atoms with Crippen molar-refractivity contribution >= 4 is 34.0 Å². The Balaban J connectivity index is 1.51. The molecular formula is C21H19ClN2O2. The smallest absolute Gasteiger partial charge is 0.257 e. The number of hydrogen-bond donors (Lipinski definition) is 1. The molecule has 4 rings (SSSR count). The summed E-state index contributed by atoms with van der Waals surface area (Å²) in [5.41, 5.74) is 1.43. The number of aromatic hydroxyl groups is 1. The summed E-state index contributed by atoms with van der Waals surface area (Å²) in [6, 6.07) is 18.9. The van der Waals surface area contributed by atoms with Crippen LogP contribution in [-0.2, 0) is 0 Å². The standard InChI is InChI=1S/C21H19ClN2O2/c22-17-6-3-7-18(14-17)23-8-10-24(11-9-23)21(26)19-12-15-4-1-2-5-16(15)13-20(19)25/h1-7,12-14,25H,8-11H2. The molecule has 3 aromatic carbocycles. The van der Waals surface area contributed by atoms with Gasteiger partial charge in [0.15, 0.2) is 0 Å². The summed E-state index contributed by atoms with van der Waals surface area (Å²) in [4.78, 5) is 16.9. The van der Waals surface area contributed by atoms with Crippen molar-refractivity contribution in [3.63, 3.8) is 0 Å². The molecular weight excluding hydrogens is 348 g/mol. The van der Waals surface area contributed by atoms with E-state index in [1.54, 1.807) is 17.0 Å². The van der Waals surface area contributed by atoms with Crippen LogP contribution >= 0.6 is 11.6 Å². The Bertz CT molecular complexity index is 965. The molecule has 0 aromatic heterocycles. The van der Waals surface area contributed by atoms with Crippen molar-refractivity contribution in [2.45, 2.75) is 0 Å². The number of piperazine rings is 1. The number of fused-ring (bicyclic) bond motifs is 1. The van der Waals surface area contributed by atoms with Crippen molar-refractivity contribution in [2.24, 2.45) is 0 Å². The predicted molar refractivity (Wildman–Crippen MR) is 105 cm³/mol. The minimum absolute atomic E-state index is 0.0333. The second-order valence-electron chi connectivity index (χ2n) is 6.48. The first-order valence-electron chi connectivity index (χ1n) is 8.63. The molecule has 26 heavy (non-hydrogen) atoms. The maximum atomic E-state index is 12.9. The molecule has 132 valence electrons. The van der Waals surface area contributed by atoms with Gasteiger partial charge in [0.1, 0.15) is 5.75 Å². The zero-order valence-corrected chi connectivity index (χ0v) is 15.0. The zero-order chi connectivity index (χ0) is 18.1. The topological polar surface area (TPSA) is 43.8 Å². The summed E-state index contributed by atoms with van der Waals surface area (Å²) in [5, 5.41) is 12.9. The monoisotopic (exact) mass is 366 g/mol. The van der Waals surface area contributed by atoms with Crippen molar-refractivity contribution in [3.05, 3.63) is 71.2 Å². The Morgan fingerprint density at radius 3 is 2.27 bits per heavy atom. The number of carbonyl (C=O) groups excluding carboxylic acids is 1. The SMILES string of the molecule is O=C(c1cc2ccccc2cc1O)N1CCN(c2cccc(Cl)c2)CC1. The highest BCUT2D eigenvalue weighted by atomic mass is 35.5. The third-order valence-corrected chi connectivity index (χ3v) is 5.07. The molecule has 1 aliphatic heterocycles. The zero-order valence-electron chi connectivity index (χ0n) is 14.2. The van der Waals surface area contributed by atoms with Gasteiger partial charge in [0.2, 0.25) is 0 Å². The Morgan fingerprint density at radius 2 is 1.58 bits per heavy atom. The van der Waals surface area contributed by atoms with Crippen LogP contribution in [0.4, 0.5) is 5.69 Å². The van der Waals surface area contributed by atoms with Crippen LogP contribution in [0.25, 0.3) is 10.8 Å². The molecule has 0 aliphatic carbocycles. The lowest BCUT2D eigenvalue weighted by atomic mass is 10.0. The van der Waals surface area contributed by atoms with Crippen LogP contribution in [0.2, 0.25) is 5.02 Å². The number of nitrogens with zero attached hydrogens (tertiary/aromatic N) is 2. The molecule has 0 unspecified atom stereocenters. The van der Waals surface area contributed by atoms with Crippen molar-refractivity contribution in [2.75, 3.05) is 31.1 Å². The van der Waals surface area contributed by atoms with Gasteiger partial charge in [0.25, 0.3) is 5.91 Å². The number of benzene rings is 3. The first-order chi connectivity index (χ1) is 12.6. The first-order valence-corrected chi connectivity index (χ1v) is 9.01. The highest BCUT2D eigenvalue weighted by molar-refractivity contribution is 6.30. The lowest BCUT2D eigenvalue weighted by molar-refractivity contribution is 0.0744. The molecule has 1 saturated heterocycles. The molecule has 5 heteroatoms. The summed E-state index contributed by atoms with van der Waals surface area (Å²) >= 11 is 6.07. The molecule has 0 saturated carbocycles. The van der Waals surface area contributed by atoms with Crippen LogP contribution < -0.4 is 4.90 Å². The minimum Gasteiger partial charge on any atom is -0.507 e. The molecule has 0 radical (unpaired) electrons. The lowest BCUT2D eigenvalue weighted by Gasteiger charge is -2.36. The fourth-order valence-corrected chi connectivity index (χ4v) is 3.60. The van der Waals surface area contributed by atoms with Crippen molar-refractivity contribution in [1.82, 2.24) is 4.90 Å². The van der Waals surface area contributed by atoms with Gasteiger partial charge in [0.05, 0.1) is 5.56 Å². The highest BCUT2D eigenvalue weighted by Crippen LogP contribution is 2.27. The quantitative estimate of drug-likeness (QED) is 0.740. The van der Waals surface area contributed by atoms with E-state index in [0.29, 0.717) is 23.7 Å². The van der Waals surface area contributed by atoms with E-state index < -0.39 is 0 Å². The molecule has 0 atom stereocenters. The molecule has 4 nitrogen and oxygen atoms in total. The molecule has 1 fully saturated rings. The van der Waals surface area contributed by atoms with Gasteiger partial charge < -0.3 is 14.9 Å². The number of hydrogen-bond acceptors (Lipinski definition) is 3. The maximum absolute atomic E-state index is 12.9. The molecule has 1 aliphatic rings. The van der Waals surface area contributed by atoms with Gasteiger partial charge in [-0.05, 0) is 41.1 Å². The van der Waals surface area contributed by atoms with E-state index in [9.17, 15) is 9.90 Å². The van der Waals surface area contributed by atoms with Gasteiger partial charge in [-0.15, -0.1) is 0 Å². The number of amides is 1. The average Bonchev–Trinajstić information content (AvgIpc) is 2.67. The molecule has 3 aromatic rings. The Labute approximate surface area is 157 Å². The van der Waals surface area contributed by atoms with Gasteiger partial charge in [0, 0.05) is 36.9 Å². The van der Waals surface area contributed by atoms with E-state index in [-0.39, 0.29) is 11.7 Å².